The number of hydrogen-bond donors (Lipinski definition) is 2. The maximum Gasteiger partial charge on any atom is 0.267 e. The Kier molecular flexibility index (Phi) is 3.57. The smallest absolute Gasteiger partial charge is 0.267 e. The summed E-state index contributed by atoms with van der Waals surface area (Å²) in [6, 6.07) is 8.11. The number of aromatic nitrogens is 1. The van der Waals surface area contributed by atoms with Gasteiger partial charge in [0.1, 0.15) is 11.4 Å². The van der Waals surface area contributed by atoms with E-state index in [1.165, 1.54) is 12.1 Å². The number of benzene rings is 1. The van der Waals surface area contributed by atoms with Gasteiger partial charge in [-0.25, -0.2) is 4.98 Å². The van der Waals surface area contributed by atoms with Gasteiger partial charge in [0.05, 0.1) is 5.69 Å². The van der Waals surface area contributed by atoms with Gasteiger partial charge in [-0.2, -0.15) is 0 Å². The number of carbonyl (C=O) groups is 1. The lowest BCUT2D eigenvalue weighted by molar-refractivity contribution is 0.0995. The number of rotatable bonds is 3. The molecule has 4 N–H and O–H groups in total. The highest BCUT2D eigenvalue weighted by Crippen LogP contribution is 2.28. The van der Waals surface area contributed by atoms with Gasteiger partial charge in [0, 0.05) is 5.02 Å². The molecule has 1 aromatic carbocycles. The van der Waals surface area contributed by atoms with Gasteiger partial charge >= 0.3 is 0 Å². The van der Waals surface area contributed by atoms with E-state index >= 15 is 0 Å². The monoisotopic (exact) mass is 277 g/mol. The number of pyridine rings is 1. The molecule has 0 spiro atoms. The summed E-state index contributed by atoms with van der Waals surface area (Å²) in [5, 5.41) is 0.638. The van der Waals surface area contributed by atoms with E-state index in [4.69, 9.17) is 27.8 Å². The van der Waals surface area contributed by atoms with Crippen molar-refractivity contribution in [3.8, 4) is 11.6 Å². The summed E-state index contributed by atoms with van der Waals surface area (Å²) in [6.45, 7) is 1.85. The lowest BCUT2D eigenvalue weighted by Gasteiger charge is -2.09. The number of hydrogen-bond acceptors (Lipinski definition) is 4. The molecule has 0 radical (unpaired) electrons. The number of nitrogens with two attached hydrogens (primary N) is 2. The molecule has 0 saturated carbocycles. The average Bonchev–Trinajstić information content (AvgIpc) is 2.36. The van der Waals surface area contributed by atoms with Gasteiger partial charge in [-0.15, -0.1) is 0 Å². The van der Waals surface area contributed by atoms with Gasteiger partial charge in [-0.1, -0.05) is 11.6 Å². The third-order valence-corrected chi connectivity index (χ3v) is 2.91. The Morgan fingerprint density at radius 2 is 2.05 bits per heavy atom. The van der Waals surface area contributed by atoms with E-state index in [9.17, 15) is 4.79 Å². The predicted molar refractivity (Wildman–Crippen MR) is 73.4 cm³/mol. The summed E-state index contributed by atoms with van der Waals surface area (Å²) in [5.41, 5.74) is 12.2. The van der Waals surface area contributed by atoms with E-state index in [2.05, 4.69) is 4.98 Å². The Morgan fingerprint density at radius 3 is 2.68 bits per heavy atom. The summed E-state index contributed by atoms with van der Waals surface area (Å²) >= 11 is 5.92. The van der Waals surface area contributed by atoms with Crippen LogP contribution in [0.5, 0.6) is 11.6 Å². The third kappa shape index (κ3) is 2.95. The first-order chi connectivity index (χ1) is 8.97. The van der Waals surface area contributed by atoms with Crippen LogP contribution in [0.4, 0.5) is 5.69 Å². The lowest BCUT2D eigenvalue weighted by atomic mass is 10.2. The summed E-state index contributed by atoms with van der Waals surface area (Å²) in [5.74, 6) is 0.0258. The van der Waals surface area contributed by atoms with Crippen LogP contribution in [0, 0.1) is 6.92 Å². The lowest BCUT2D eigenvalue weighted by Crippen LogP contribution is -2.13. The van der Waals surface area contributed by atoms with Gasteiger partial charge < -0.3 is 16.2 Å². The van der Waals surface area contributed by atoms with Gasteiger partial charge in [0.15, 0.2) is 0 Å². The Morgan fingerprint density at radius 1 is 1.32 bits per heavy atom. The first kappa shape index (κ1) is 13.2. The third-order valence-electron chi connectivity index (χ3n) is 2.49. The maximum atomic E-state index is 11.1. The molecule has 0 aliphatic rings. The molecular formula is C13H12ClN3O2. The molecular weight excluding hydrogens is 266 g/mol. The molecule has 0 aliphatic carbocycles. The van der Waals surface area contributed by atoms with Crippen LogP contribution in [-0.4, -0.2) is 10.9 Å². The molecule has 1 heterocycles. The molecule has 0 unspecified atom stereocenters. The molecule has 1 amide bonds. The van der Waals surface area contributed by atoms with E-state index in [1.807, 2.05) is 6.92 Å². The van der Waals surface area contributed by atoms with Crippen molar-refractivity contribution in [2.75, 3.05) is 5.73 Å². The zero-order valence-corrected chi connectivity index (χ0v) is 10.9. The molecule has 0 fully saturated rings. The fourth-order valence-electron chi connectivity index (χ4n) is 1.46. The van der Waals surface area contributed by atoms with Crippen molar-refractivity contribution in [2.45, 2.75) is 6.92 Å². The highest BCUT2D eigenvalue weighted by Gasteiger charge is 2.09. The number of amides is 1. The molecule has 0 aliphatic heterocycles. The normalized spacial score (nSPS) is 10.2. The van der Waals surface area contributed by atoms with Gasteiger partial charge in [0.25, 0.3) is 5.91 Å². The molecule has 1 aromatic heterocycles. The van der Waals surface area contributed by atoms with Crippen LogP contribution in [0.3, 0.4) is 0 Å². The first-order valence-corrected chi connectivity index (χ1v) is 5.85. The highest BCUT2D eigenvalue weighted by atomic mass is 35.5. The highest BCUT2D eigenvalue weighted by molar-refractivity contribution is 6.31. The van der Waals surface area contributed by atoms with Crippen LogP contribution in [0.1, 0.15) is 16.1 Å². The van der Waals surface area contributed by atoms with Crippen LogP contribution in [0.15, 0.2) is 30.3 Å². The van der Waals surface area contributed by atoms with Crippen molar-refractivity contribution in [3.05, 3.63) is 46.6 Å². The summed E-state index contributed by atoms with van der Waals surface area (Å²) < 4.78 is 5.53. The molecule has 0 atom stereocenters. The van der Waals surface area contributed by atoms with Crippen molar-refractivity contribution in [2.24, 2.45) is 5.73 Å². The maximum absolute atomic E-state index is 11.1. The van der Waals surface area contributed by atoms with E-state index in [-0.39, 0.29) is 11.6 Å². The summed E-state index contributed by atoms with van der Waals surface area (Å²) in [7, 11) is 0. The van der Waals surface area contributed by atoms with Crippen LogP contribution in [-0.2, 0) is 0 Å². The number of aryl methyl sites for hydroxylation is 1. The summed E-state index contributed by atoms with van der Waals surface area (Å²) in [4.78, 5) is 15.0. The zero-order chi connectivity index (χ0) is 14.0. The minimum Gasteiger partial charge on any atom is -0.437 e. The van der Waals surface area contributed by atoms with Crippen molar-refractivity contribution in [3.63, 3.8) is 0 Å². The number of primary amides is 1. The Bertz CT molecular complexity index is 644. The van der Waals surface area contributed by atoms with Crippen LogP contribution < -0.4 is 16.2 Å². The number of halogens is 1. The molecule has 0 saturated heterocycles. The van der Waals surface area contributed by atoms with Crippen molar-refractivity contribution >= 4 is 23.2 Å². The number of nitrogens with zero attached hydrogens (tertiary/aromatic N) is 1. The van der Waals surface area contributed by atoms with Crippen LogP contribution >= 0.6 is 11.6 Å². The van der Waals surface area contributed by atoms with Gasteiger partial charge in [0.2, 0.25) is 5.88 Å². The number of nitrogen functional groups attached to an aromatic ring is 1. The van der Waals surface area contributed by atoms with E-state index in [1.54, 1.807) is 18.2 Å². The second kappa shape index (κ2) is 5.16. The molecule has 98 valence electrons. The zero-order valence-electron chi connectivity index (χ0n) is 10.2. The fourth-order valence-corrected chi connectivity index (χ4v) is 1.58. The van der Waals surface area contributed by atoms with E-state index < -0.39 is 5.91 Å². The number of ether oxygens (including phenoxy) is 1. The van der Waals surface area contributed by atoms with Crippen LogP contribution in [0.25, 0.3) is 0 Å². The average molecular weight is 278 g/mol. The molecule has 19 heavy (non-hydrogen) atoms. The van der Waals surface area contributed by atoms with E-state index in [0.29, 0.717) is 16.5 Å². The molecule has 5 nitrogen and oxygen atoms in total. The quantitative estimate of drug-likeness (QED) is 0.902. The molecule has 2 rings (SSSR count). The Balaban J connectivity index is 2.34. The number of carbonyl (C=O) groups excluding carboxylic acids is 1. The SMILES string of the molecule is Cc1cc(Oc2nc(C(N)=O)ccc2N)ccc1Cl. The largest absolute Gasteiger partial charge is 0.437 e. The minimum absolute atomic E-state index is 0.0925. The van der Waals surface area contributed by atoms with Gasteiger partial charge in [-0.3, -0.25) is 4.79 Å². The predicted octanol–water partition coefficient (Wildman–Crippen LogP) is 2.52. The molecule has 6 heteroatoms. The molecule has 0 bridgehead atoms. The second-order valence-corrected chi connectivity index (χ2v) is 4.38. The summed E-state index contributed by atoms with van der Waals surface area (Å²) in [6.07, 6.45) is 0. The van der Waals surface area contributed by atoms with Gasteiger partial charge in [-0.05, 0) is 42.8 Å². The Labute approximate surface area is 115 Å². The van der Waals surface area contributed by atoms with Crippen LogP contribution in [0.2, 0.25) is 5.02 Å². The second-order valence-electron chi connectivity index (χ2n) is 3.97. The fraction of sp³-hybridized carbons (Fsp3) is 0.0769. The Hall–Kier alpha value is -2.27. The van der Waals surface area contributed by atoms with Crippen molar-refractivity contribution < 1.29 is 9.53 Å². The van der Waals surface area contributed by atoms with Crippen molar-refractivity contribution in [1.82, 2.24) is 4.98 Å². The van der Waals surface area contributed by atoms with E-state index in [0.717, 1.165) is 5.56 Å². The number of anilines is 1. The molecule has 2 aromatic rings. The topological polar surface area (TPSA) is 91.2 Å². The van der Waals surface area contributed by atoms with Crippen molar-refractivity contribution in [1.29, 1.82) is 0 Å². The first-order valence-electron chi connectivity index (χ1n) is 5.47. The minimum atomic E-state index is -0.642. The standard InChI is InChI=1S/C13H12ClN3O2/c1-7-6-8(2-3-9(7)14)19-13-10(15)4-5-11(17-13)12(16)18/h2-6H,15H2,1H3,(H2,16,18).